The normalized spacial score (nSPS) is 10.4. The summed E-state index contributed by atoms with van der Waals surface area (Å²) in [5, 5.41) is 12.1. The van der Waals surface area contributed by atoms with Crippen molar-refractivity contribution in [1.82, 2.24) is 10.2 Å². The zero-order valence-electron chi connectivity index (χ0n) is 11.7. The van der Waals surface area contributed by atoms with Crippen LogP contribution in [0, 0.1) is 0 Å². The molecule has 0 spiro atoms. The number of nitrogens with zero attached hydrogens (tertiary/aromatic N) is 2. The summed E-state index contributed by atoms with van der Waals surface area (Å²) in [6, 6.07) is 17.0. The first-order chi connectivity index (χ1) is 10.7. The van der Waals surface area contributed by atoms with Gasteiger partial charge in [0.25, 0.3) is 0 Å². The van der Waals surface area contributed by atoms with Crippen LogP contribution in [0.2, 0.25) is 0 Å². The van der Waals surface area contributed by atoms with E-state index in [-0.39, 0.29) is 5.91 Å². The third-order valence-corrected chi connectivity index (χ3v) is 3.90. The molecule has 1 amide bonds. The van der Waals surface area contributed by atoms with Crippen molar-refractivity contribution < 1.29 is 4.79 Å². The molecule has 6 heteroatoms. The van der Waals surface area contributed by atoms with Gasteiger partial charge in [0, 0.05) is 11.3 Å². The Morgan fingerprint density at radius 2 is 1.91 bits per heavy atom. The second-order valence-corrected chi connectivity index (χ2v) is 5.73. The Kier molecular flexibility index (Phi) is 4.11. The van der Waals surface area contributed by atoms with Crippen LogP contribution >= 0.6 is 11.3 Å². The molecule has 0 saturated heterocycles. The SMILES string of the molecule is Nc1cccc(-c2nnc(NC(=O)Cc3ccccc3)s2)c1. The third-order valence-electron chi connectivity index (χ3n) is 3.01. The van der Waals surface area contributed by atoms with Gasteiger partial charge in [0.2, 0.25) is 11.0 Å². The lowest BCUT2D eigenvalue weighted by molar-refractivity contribution is -0.115. The number of hydrogen-bond donors (Lipinski definition) is 2. The molecule has 0 saturated carbocycles. The lowest BCUT2D eigenvalue weighted by Crippen LogP contribution is -2.14. The van der Waals surface area contributed by atoms with E-state index in [0.29, 0.717) is 17.2 Å². The number of nitrogens with one attached hydrogen (secondary N) is 1. The largest absolute Gasteiger partial charge is 0.399 e. The van der Waals surface area contributed by atoms with Gasteiger partial charge in [-0.1, -0.05) is 53.8 Å². The predicted octanol–water partition coefficient (Wildman–Crippen LogP) is 2.97. The standard InChI is InChI=1S/C16H14N4OS/c17-13-8-4-7-12(10-13)15-19-20-16(22-15)18-14(21)9-11-5-2-1-3-6-11/h1-8,10H,9,17H2,(H,18,20,21). The van der Waals surface area contributed by atoms with Gasteiger partial charge in [-0.2, -0.15) is 0 Å². The Labute approximate surface area is 131 Å². The molecule has 0 aliphatic heterocycles. The number of carbonyl (C=O) groups excluding carboxylic acids is 1. The molecule has 3 aromatic rings. The highest BCUT2D eigenvalue weighted by Gasteiger charge is 2.10. The number of benzene rings is 2. The van der Waals surface area contributed by atoms with Crippen molar-refractivity contribution in [1.29, 1.82) is 0 Å². The van der Waals surface area contributed by atoms with Gasteiger partial charge in [0.05, 0.1) is 6.42 Å². The quantitative estimate of drug-likeness (QED) is 0.726. The first kappa shape index (κ1) is 14.2. The van der Waals surface area contributed by atoms with Gasteiger partial charge in [0.1, 0.15) is 5.01 Å². The first-order valence-corrected chi connectivity index (χ1v) is 7.55. The summed E-state index contributed by atoms with van der Waals surface area (Å²) < 4.78 is 0. The van der Waals surface area contributed by atoms with E-state index < -0.39 is 0 Å². The Hall–Kier alpha value is -2.73. The zero-order valence-corrected chi connectivity index (χ0v) is 12.5. The van der Waals surface area contributed by atoms with Crippen LogP contribution in [0.3, 0.4) is 0 Å². The molecule has 0 unspecified atom stereocenters. The average molecular weight is 310 g/mol. The van der Waals surface area contributed by atoms with Crippen LogP contribution < -0.4 is 11.1 Å². The van der Waals surface area contributed by atoms with Crippen molar-refractivity contribution >= 4 is 28.1 Å². The molecule has 0 radical (unpaired) electrons. The molecule has 1 heterocycles. The van der Waals surface area contributed by atoms with Gasteiger partial charge >= 0.3 is 0 Å². The Balaban J connectivity index is 1.68. The number of amides is 1. The summed E-state index contributed by atoms with van der Waals surface area (Å²) >= 11 is 1.32. The number of carbonyl (C=O) groups is 1. The van der Waals surface area contributed by atoms with E-state index in [1.807, 2.05) is 54.6 Å². The van der Waals surface area contributed by atoms with Crippen LogP contribution in [0.5, 0.6) is 0 Å². The molecule has 0 fully saturated rings. The van der Waals surface area contributed by atoms with Gasteiger partial charge in [-0.25, -0.2) is 0 Å². The zero-order chi connectivity index (χ0) is 15.4. The number of hydrogen-bond acceptors (Lipinski definition) is 5. The monoisotopic (exact) mass is 310 g/mol. The molecule has 2 aromatic carbocycles. The van der Waals surface area contributed by atoms with Crippen LogP contribution in [0.4, 0.5) is 10.8 Å². The molecule has 5 nitrogen and oxygen atoms in total. The Morgan fingerprint density at radius 1 is 1.09 bits per heavy atom. The minimum Gasteiger partial charge on any atom is -0.399 e. The Bertz CT molecular complexity index is 786. The van der Waals surface area contributed by atoms with E-state index in [1.165, 1.54) is 11.3 Å². The molecular weight excluding hydrogens is 296 g/mol. The highest BCUT2D eigenvalue weighted by atomic mass is 32.1. The van der Waals surface area contributed by atoms with Crippen LogP contribution in [0.15, 0.2) is 54.6 Å². The van der Waals surface area contributed by atoms with Crippen molar-refractivity contribution in [3.05, 3.63) is 60.2 Å². The average Bonchev–Trinajstić information content (AvgIpc) is 2.96. The number of nitrogen functional groups attached to an aromatic ring is 1. The molecule has 22 heavy (non-hydrogen) atoms. The molecule has 3 N–H and O–H groups in total. The number of nitrogens with two attached hydrogens (primary N) is 1. The number of rotatable bonds is 4. The lowest BCUT2D eigenvalue weighted by atomic mass is 10.1. The predicted molar refractivity (Wildman–Crippen MR) is 88.5 cm³/mol. The van der Waals surface area contributed by atoms with Crippen LogP contribution in [-0.2, 0) is 11.2 Å². The molecule has 3 rings (SSSR count). The Morgan fingerprint density at radius 3 is 2.68 bits per heavy atom. The van der Waals surface area contributed by atoms with E-state index in [0.717, 1.165) is 16.1 Å². The van der Waals surface area contributed by atoms with Gasteiger partial charge in [-0.15, -0.1) is 10.2 Å². The fraction of sp³-hybridized carbons (Fsp3) is 0.0625. The van der Waals surface area contributed by atoms with Crippen molar-refractivity contribution in [3.63, 3.8) is 0 Å². The number of aromatic nitrogens is 2. The van der Waals surface area contributed by atoms with E-state index in [4.69, 9.17) is 5.73 Å². The van der Waals surface area contributed by atoms with E-state index in [1.54, 1.807) is 0 Å². The maximum Gasteiger partial charge on any atom is 0.230 e. The van der Waals surface area contributed by atoms with E-state index >= 15 is 0 Å². The third kappa shape index (κ3) is 3.48. The van der Waals surface area contributed by atoms with Crippen molar-refractivity contribution in [2.24, 2.45) is 0 Å². The van der Waals surface area contributed by atoms with Crippen molar-refractivity contribution in [3.8, 4) is 10.6 Å². The van der Waals surface area contributed by atoms with Gasteiger partial charge in [0.15, 0.2) is 0 Å². The fourth-order valence-corrected chi connectivity index (χ4v) is 2.76. The van der Waals surface area contributed by atoms with Gasteiger partial charge in [-0.3, -0.25) is 4.79 Å². The molecule has 1 aromatic heterocycles. The summed E-state index contributed by atoms with van der Waals surface area (Å²) in [7, 11) is 0. The summed E-state index contributed by atoms with van der Waals surface area (Å²) in [5.41, 5.74) is 8.27. The molecule has 0 aliphatic rings. The second-order valence-electron chi connectivity index (χ2n) is 4.75. The van der Waals surface area contributed by atoms with Crippen molar-refractivity contribution in [2.45, 2.75) is 6.42 Å². The second kappa shape index (κ2) is 6.36. The molecule has 0 atom stereocenters. The van der Waals surface area contributed by atoms with Gasteiger partial charge in [-0.05, 0) is 17.7 Å². The van der Waals surface area contributed by atoms with E-state index in [9.17, 15) is 4.79 Å². The van der Waals surface area contributed by atoms with Crippen LogP contribution in [0.1, 0.15) is 5.56 Å². The maximum atomic E-state index is 12.0. The first-order valence-electron chi connectivity index (χ1n) is 6.74. The minimum absolute atomic E-state index is 0.110. The van der Waals surface area contributed by atoms with Crippen molar-refractivity contribution in [2.75, 3.05) is 11.1 Å². The summed E-state index contributed by atoms with van der Waals surface area (Å²) in [6.45, 7) is 0. The molecule has 0 aliphatic carbocycles. The van der Waals surface area contributed by atoms with Gasteiger partial charge < -0.3 is 11.1 Å². The summed E-state index contributed by atoms with van der Waals surface area (Å²) in [5.74, 6) is -0.110. The minimum atomic E-state index is -0.110. The molecule has 0 bridgehead atoms. The smallest absolute Gasteiger partial charge is 0.230 e. The number of anilines is 2. The highest BCUT2D eigenvalue weighted by molar-refractivity contribution is 7.18. The van der Waals surface area contributed by atoms with E-state index in [2.05, 4.69) is 15.5 Å². The maximum absolute atomic E-state index is 12.0. The fourth-order valence-electron chi connectivity index (χ4n) is 2.01. The summed E-state index contributed by atoms with van der Waals surface area (Å²) in [6.07, 6.45) is 0.314. The lowest BCUT2D eigenvalue weighted by Gasteiger charge is -2.01. The highest BCUT2D eigenvalue weighted by Crippen LogP contribution is 2.27. The summed E-state index contributed by atoms with van der Waals surface area (Å²) in [4.78, 5) is 12.0. The van der Waals surface area contributed by atoms with Crippen LogP contribution in [0.25, 0.3) is 10.6 Å². The molecule has 110 valence electrons. The molecular formula is C16H14N4OS. The van der Waals surface area contributed by atoms with Crippen LogP contribution in [-0.4, -0.2) is 16.1 Å². The topological polar surface area (TPSA) is 80.9 Å².